The van der Waals surface area contributed by atoms with E-state index in [-0.39, 0.29) is 29.8 Å². The number of hydrogen-bond donors (Lipinski definition) is 1. The first-order valence-electron chi connectivity index (χ1n) is 10.2. The molecule has 0 unspecified atom stereocenters. The molecule has 7 heteroatoms. The second kappa shape index (κ2) is 8.90. The number of hydrogen-bond acceptors (Lipinski definition) is 5. The summed E-state index contributed by atoms with van der Waals surface area (Å²) in [5.41, 5.74) is 0.209. The van der Waals surface area contributed by atoms with E-state index < -0.39 is 5.97 Å². The molecule has 1 amide bonds. The highest BCUT2D eigenvalue weighted by molar-refractivity contribution is 6.02. The van der Waals surface area contributed by atoms with Gasteiger partial charge in [0.1, 0.15) is 0 Å². The summed E-state index contributed by atoms with van der Waals surface area (Å²) in [5.74, 6) is -1.06. The molecule has 1 aliphatic carbocycles. The highest BCUT2D eigenvalue weighted by Crippen LogP contribution is 2.18. The molecule has 1 aliphatic rings. The van der Waals surface area contributed by atoms with Crippen LogP contribution in [0.2, 0.25) is 0 Å². The Morgan fingerprint density at radius 1 is 0.967 bits per heavy atom. The topological polar surface area (TPSA) is 90.3 Å². The molecule has 0 saturated heterocycles. The summed E-state index contributed by atoms with van der Waals surface area (Å²) in [7, 11) is 0. The van der Waals surface area contributed by atoms with Crippen molar-refractivity contribution in [1.29, 1.82) is 0 Å². The first-order valence-corrected chi connectivity index (χ1v) is 10.2. The number of para-hydroxylation sites is 1. The van der Waals surface area contributed by atoms with Gasteiger partial charge in [0.05, 0.1) is 11.1 Å². The van der Waals surface area contributed by atoms with Crippen LogP contribution < -0.4 is 10.9 Å². The van der Waals surface area contributed by atoms with E-state index in [0.29, 0.717) is 16.5 Å². The fraction of sp³-hybridized carbons (Fsp3) is 0.304. The summed E-state index contributed by atoms with van der Waals surface area (Å²) in [6, 6.07) is 15.8. The molecule has 4 rings (SSSR count). The first-order chi connectivity index (χ1) is 14.6. The number of aromatic nitrogens is 2. The third-order valence-electron chi connectivity index (χ3n) is 5.30. The Bertz CT molecular complexity index is 1120. The standard InChI is InChI=1S/C23H23N3O4/c27-20(24-16-9-3-1-4-10-16)15-30-23(29)21-18-13-7-8-14-19(18)22(28)26(25-21)17-11-5-2-6-12-17/h2,5-8,11-14,16H,1,3-4,9-10,15H2,(H,24,27). The highest BCUT2D eigenvalue weighted by Gasteiger charge is 2.21. The molecule has 3 aromatic rings. The zero-order valence-electron chi connectivity index (χ0n) is 16.5. The third kappa shape index (κ3) is 4.25. The molecular formula is C23H23N3O4. The Labute approximate surface area is 173 Å². The van der Waals surface area contributed by atoms with Gasteiger partial charge < -0.3 is 10.1 Å². The molecule has 1 fully saturated rings. The molecule has 1 saturated carbocycles. The van der Waals surface area contributed by atoms with Crippen molar-refractivity contribution in [3.8, 4) is 5.69 Å². The Kier molecular flexibility index (Phi) is 5.88. The monoisotopic (exact) mass is 405 g/mol. The number of benzene rings is 2. The molecule has 0 aliphatic heterocycles. The van der Waals surface area contributed by atoms with Crippen LogP contribution in [-0.2, 0) is 9.53 Å². The second-order valence-electron chi connectivity index (χ2n) is 7.43. The Balaban J connectivity index is 1.58. The van der Waals surface area contributed by atoms with Crippen molar-refractivity contribution in [2.24, 2.45) is 0 Å². The predicted octanol–water partition coefficient (Wildman–Crippen LogP) is 2.99. The van der Waals surface area contributed by atoms with Gasteiger partial charge in [0, 0.05) is 11.4 Å². The lowest BCUT2D eigenvalue weighted by molar-refractivity contribution is -0.125. The first kappa shape index (κ1) is 19.8. The van der Waals surface area contributed by atoms with Crippen LogP contribution in [0.4, 0.5) is 0 Å². The number of carbonyl (C=O) groups excluding carboxylic acids is 2. The molecule has 1 aromatic heterocycles. The van der Waals surface area contributed by atoms with E-state index in [4.69, 9.17) is 4.74 Å². The second-order valence-corrected chi connectivity index (χ2v) is 7.43. The largest absolute Gasteiger partial charge is 0.451 e. The average Bonchev–Trinajstić information content (AvgIpc) is 2.79. The van der Waals surface area contributed by atoms with E-state index in [2.05, 4.69) is 10.4 Å². The van der Waals surface area contributed by atoms with Crippen LogP contribution in [0.5, 0.6) is 0 Å². The summed E-state index contributed by atoms with van der Waals surface area (Å²) in [5, 5.41) is 7.93. The van der Waals surface area contributed by atoms with E-state index in [1.807, 2.05) is 6.07 Å². The predicted molar refractivity (Wildman–Crippen MR) is 113 cm³/mol. The number of nitrogens with one attached hydrogen (secondary N) is 1. The maximum Gasteiger partial charge on any atom is 0.359 e. The van der Waals surface area contributed by atoms with Crippen molar-refractivity contribution in [2.45, 2.75) is 38.1 Å². The molecule has 0 spiro atoms. The molecule has 2 aromatic carbocycles. The number of rotatable bonds is 5. The van der Waals surface area contributed by atoms with Crippen molar-refractivity contribution < 1.29 is 14.3 Å². The van der Waals surface area contributed by atoms with Crippen LogP contribution in [0.15, 0.2) is 59.4 Å². The number of ether oxygens (including phenoxy) is 1. The lowest BCUT2D eigenvalue weighted by atomic mass is 9.95. The maximum atomic E-state index is 12.9. The van der Waals surface area contributed by atoms with E-state index in [1.54, 1.807) is 48.5 Å². The van der Waals surface area contributed by atoms with Gasteiger partial charge in [0.25, 0.3) is 11.5 Å². The van der Waals surface area contributed by atoms with Gasteiger partial charge in [-0.15, -0.1) is 0 Å². The van der Waals surface area contributed by atoms with Crippen molar-refractivity contribution in [3.05, 3.63) is 70.6 Å². The Hall–Kier alpha value is -3.48. The van der Waals surface area contributed by atoms with Gasteiger partial charge in [0.15, 0.2) is 12.3 Å². The molecule has 0 radical (unpaired) electrons. The quantitative estimate of drug-likeness (QED) is 0.659. The highest BCUT2D eigenvalue weighted by atomic mass is 16.5. The van der Waals surface area contributed by atoms with Gasteiger partial charge in [-0.25, -0.2) is 4.79 Å². The van der Waals surface area contributed by atoms with E-state index in [9.17, 15) is 14.4 Å². The number of nitrogens with zero attached hydrogens (tertiary/aromatic N) is 2. The van der Waals surface area contributed by atoms with E-state index in [0.717, 1.165) is 25.7 Å². The molecule has 154 valence electrons. The van der Waals surface area contributed by atoms with E-state index in [1.165, 1.54) is 11.1 Å². The van der Waals surface area contributed by atoms with Crippen LogP contribution in [-0.4, -0.2) is 34.3 Å². The minimum atomic E-state index is -0.741. The zero-order chi connectivity index (χ0) is 20.9. The SMILES string of the molecule is O=C(COC(=O)c1nn(-c2ccccc2)c(=O)c2ccccc12)NC1CCCCC1. The van der Waals surface area contributed by atoms with Crippen molar-refractivity contribution in [1.82, 2.24) is 15.1 Å². The number of esters is 1. The summed E-state index contributed by atoms with van der Waals surface area (Å²) in [4.78, 5) is 37.8. The lowest BCUT2D eigenvalue weighted by Gasteiger charge is -2.22. The molecule has 1 heterocycles. The van der Waals surface area contributed by atoms with Gasteiger partial charge in [0.2, 0.25) is 0 Å². The van der Waals surface area contributed by atoms with Crippen LogP contribution in [0.25, 0.3) is 16.5 Å². The molecule has 0 atom stereocenters. The van der Waals surface area contributed by atoms with Crippen molar-refractivity contribution in [2.75, 3.05) is 6.61 Å². The normalized spacial score (nSPS) is 14.4. The molecule has 0 bridgehead atoms. The summed E-state index contributed by atoms with van der Waals surface area (Å²) in [6.07, 6.45) is 5.29. The third-order valence-corrected chi connectivity index (χ3v) is 5.30. The van der Waals surface area contributed by atoms with Crippen molar-refractivity contribution in [3.63, 3.8) is 0 Å². The summed E-state index contributed by atoms with van der Waals surface area (Å²) >= 11 is 0. The molecular weight excluding hydrogens is 382 g/mol. The number of amides is 1. The summed E-state index contributed by atoms with van der Waals surface area (Å²) in [6.45, 7) is -0.379. The molecule has 30 heavy (non-hydrogen) atoms. The van der Waals surface area contributed by atoms with Crippen LogP contribution in [0.1, 0.15) is 42.6 Å². The fourth-order valence-corrected chi connectivity index (χ4v) is 3.80. The maximum absolute atomic E-state index is 12.9. The zero-order valence-corrected chi connectivity index (χ0v) is 16.5. The van der Waals surface area contributed by atoms with Gasteiger partial charge in [-0.3, -0.25) is 9.59 Å². The number of fused-ring (bicyclic) bond motifs is 1. The molecule has 1 N–H and O–H groups in total. The lowest BCUT2D eigenvalue weighted by Crippen LogP contribution is -2.38. The summed E-state index contributed by atoms with van der Waals surface area (Å²) < 4.78 is 6.42. The van der Waals surface area contributed by atoms with E-state index >= 15 is 0 Å². The van der Waals surface area contributed by atoms with Gasteiger partial charge >= 0.3 is 5.97 Å². The van der Waals surface area contributed by atoms with Gasteiger partial charge in [-0.2, -0.15) is 9.78 Å². The molecule has 7 nitrogen and oxygen atoms in total. The Morgan fingerprint density at radius 2 is 1.63 bits per heavy atom. The van der Waals surface area contributed by atoms with Crippen molar-refractivity contribution >= 4 is 22.6 Å². The van der Waals surface area contributed by atoms with Gasteiger partial charge in [-0.1, -0.05) is 55.7 Å². The number of carbonyl (C=O) groups is 2. The fourth-order valence-electron chi connectivity index (χ4n) is 3.80. The smallest absolute Gasteiger partial charge is 0.359 e. The van der Waals surface area contributed by atoms with Crippen LogP contribution >= 0.6 is 0 Å². The minimum absolute atomic E-state index is 0.000445. The average molecular weight is 405 g/mol. The van der Waals surface area contributed by atoms with Crippen LogP contribution in [0.3, 0.4) is 0 Å². The van der Waals surface area contributed by atoms with Crippen LogP contribution in [0, 0.1) is 0 Å². The Morgan fingerprint density at radius 3 is 2.37 bits per heavy atom. The van der Waals surface area contributed by atoms with Gasteiger partial charge in [-0.05, 0) is 31.0 Å². The minimum Gasteiger partial charge on any atom is -0.451 e.